The van der Waals surface area contributed by atoms with E-state index in [9.17, 15) is 9.50 Å². The number of phenolic OH excluding ortho intramolecular Hbond substituents is 1. The Balaban J connectivity index is 1.26. The van der Waals surface area contributed by atoms with Crippen molar-refractivity contribution in [1.82, 2.24) is 40.4 Å². The summed E-state index contributed by atoms with van der Waals surface area (Å²) >= 11 is 0. The highest BCUT2D eigenvalue weighted by Crippen LogP contribution is 2.33. The number of piperidine rings is 1. The molecule has 6 aromatic rings. The molecule has 5 aromatic heterocycles. The van der Waals surface area contributed by atoms with Crippen LogP contribution in [0, 0.1) is 5.82 Å². The third kappa shape index (κ3) is 4.42. The molecule has 0 radical (unpaired) electrons. The van der Waals surface area contributed by atoms with Gasteiger partial charge in [-0.3, -0.25) is 20.1 Å². The summed E-state index contributed by atoms with van der Waals surface area (Å²) in [6, 6.07) is 9.50. The minimum atomic E-state index is -0.558. The maximum absolute atomic E-state index is 14.0. The van der Waals surface area contributed by atoms with E-state index in [4.69, 9.17) is 9.72 Å². The summed E-state index contributed by atoms with van der Waals surface area (Å²) in [4.78, 5) is 21.4. The number of pyridine rings is 3. The highest BCUT2D eigenvalue weighted by Gasteiger charge is 2.18. The second kappa shape index (κ2) is 9.44. The fourth-order valence-corrected chi connectivity index (χ4v) is 4.95. The van der Waals surface area contributed by atoms with E-state index < -0.39 is 5.82 Å². The van der Waals surface area contributed by atoms with E-state index in [1.54, 1.807) is 30.9 Å². The number of aromatic nitrogens is 7. The minimum absolute atomic E-state index is 0.169. The molecule has 39 heavy (non-hydrogen) atoms. The number of ether oxygens (including phenoxy) is 1. The lowest BCUT2D eigenvalue weighted by molar-refractivity contribution is 0.162. The van der Waals surface area contributed by atoms with Gasteiger partial charge in [-0.05, 0) is 56.3 Å². The number of imidazole rings is 1. The predicted octanol–water partition coefficient (Wildman–Crippen LogP) is 4.60. The molecular formula is C28H23FN8O2. The average Bonchev–Trinajstić information content (AvgIpc) is 3.57. The summed E-state index contributed by atoms with van der Waals surface area (Å²) in [6.07, 6.45) is 8.92. The lowest BCUT2D eigenvalue weighted by Crippen LogP contribution is -2.34. The van der Waals surface area contributed by atoms with Crippen LogP contribution in [0.5, 0.6) is 11.5 Å². The van der Waals surface area contributed by atoms with Gasteiger partial charge in [-0.15, -0.1) is 0 Å². The Hall–Kier alpha value is -4.90. The van der Waals surface area contributed by atoms with E-state index in [1.807, 2.05) is 12.1 Å². The first kappa shape index (κ1) is 23.2. The number of H-pyrrole nitrogens is 2. The zero-order valence-corrected chi connectivity index (χ0v) is 20.6. The summed E-state index contributed by atoms with van der Waals surface area (Å²) in [5.41, 5.74) is 5.02. The van der Waals surface area contributed by atoms with E-state index >= 15 is 0 Å². The van der Waals surface area contributed by atoms with Crippen molar-refractivity contribution in [2.24, 2.45) is 0 Å². The molecule has 0 spiro atoms. The van der Waals surface area contributed by atoms with Crippen LogP contribution in [0.3, 0.4) is 0 Å². The molecule has 1 aromatic carbocycles. The van der Waals surface area contributed by atoms with Gasteiger partial charge in [-0.1, -0.05) is 0 Å². The Morgan fingerprint density at radius 1 is 0.923 bits per heavy atom. The van der Waals surface area contributed by atoms with Crippen molar-refractivity contribution in [3.8, 4) is 45.5 Å². The number of fused-ring (bicyclic) bond motifs is 2. The van der Waals surface area contributed by atoms with Crippen LogP contribution in [-0.2, 0) is 0 Å². The van der Waals surface area contributed by atoms with Crippen molar-refractivity contribution in [1.29, 1.82) is 0 Å². The summed E-state index contributed by atoms with van der Waals surface area (Å²) in [5, 5.41) is 21.6. The molecule has 0 bridgehead atoms. The first-order chi connectivity index (χ1) is 19.1. The van der Waals surface area contributed by atoms with Gasteiger partial charge in [-0.2, -0.15) is 5.10 Å². The Morgan fingerprint density at radius 3 is 2.69 bits per heavy atom. The quantitative estimate of drug-likeness (QED) is 0.258. The molecule has 4 N–H and O–H groups in total. The Bertz CT molecular complexity index is 1810. The molecule has 0 saturated carbocycles. The van der Waals surface area contributed by atoms with E-state index in [0.717, 1.165) is 59.9 Å². The largest absolute Gasteiger partial charge is 0.508 e. The minimum Gasteiger partial charge on any atom is -0.508 e. The number of nitrogens with one attached hydrogen (secondary N) is 3. The van der Waals surface area contributed by atoms with Crippen LogP contribution in [0.15, 0.2) is 61.2 Å². The fraction of sp³-hybridized carbons (Fsp3) is 0.179. The number of hydrogen-bond donors (Lipinski definition) is 4. The highest BCUT2D eigenvalue weighted by atomic mass is 19.1. The third-order valence-corrected chi connectivity index (χ3v) is 6.83. The Morgan fingerprint density at radius 2 is 1.82 bits per heavy atom. The maximum atomic E-state index is 14.0. The summed E-state index contributed by atoms with van der Waals surface area (Å²) in [7, 11) is 0. The molecule has 0 aliphatic carbocycles. The number of rotatable bonds is 5. The standard InChI is InChI=1S/C28H23FN8O2/c29-17-7-15(8-18(38)10-17)25-27-22(3-6-32-25)34-28(35-27)26-21-11-23(33-14-24(21)36-37-26)16-9-20(13-31-12-16)39-19-1-4-30-5-2-19/h3,6-14,19,30,38H,1-2,4-5H2,(H,34,35)(H,36,37). The molecule has 1 aliphatic heterocycles. The molecule has 11 heteroatoms. The van der Waals surface area contributed by atoms with E-state index in [-0.39, 0.29) is 11.9 Å². The zero-order chi connectivity index (χ0) is 26.3. The molecule has 10 nitrogen and oxygen atoms in total. The summed E-state index contributed by atoms with van der Waals surface area (Å²) < 4.78 is 20.2. The van der Waals surface area contributed by atoms with Crippen molar-refractivity contribution in [3.63, 3.8) is 0 Å². The molecule has 1 aliphatic rings. The lowest BCUT2D eigenvalue weighted by atomic mass is 10.1. The number of aromatic hydroxyl groups is 1. The van der Waals surface area contributed by atoms with Crippen LogP contribution in [-0.4, -0.2) is 59.4 Å². The SMILES string of the molecule is Oc1cc(F)cc(-c2nccc3[nH]c(-c4n[nH]c5cnc(-c6cncc(OC7CCNCC7)c6)cc45)nc23)c1. The summed E-state index contributed by atoms with van der Waals surface area (Å²) in [6.45, 7) is 1.90. The first-order valence-corrected chi connectivity index (χ1v) is 12.6. The monoisotopic (exact) mass is 522 g/mol. The van der Waals surface area contributed by atoms with Crippen molar-refractivity contribution in [3.05, 3.63) is 67.0 Å². The zero-order valence-electron chi connectivity index (χ0n) is 20.6. The van der Waals surface area contributed by atoms with Crippen LogP contribution < -0.4 is 10.1 Å². The number of phenols is 1. The van der Waals surface area contributed by atoms with E-state index in [1.165, 1.54) is 12.1 Å². The normalized spacial score (nSPS) is 14.3. The maximum Gasteiger partial charge on any atom is 0.159 e. The van der Waals surface area contributed by atoms with Crippen LogP contribution in [0.2, 0.25) is 0 Å². The van der Waals surface area contributed by atoms with Crippen molar-refractivity contribution in [2.75, 3.05) is 13.1 Å². The van der Waals surface area contributed by atoms with Gasteiger partial charge in [0.15, 0.2) is 5.82 Å². The van der Waals surface area contributed by atoms with E-state index in [0.29, 0.717) is 33.8 Å². The topological polar surface area (TPSA) is 138 Å². The van der Waals surface area contributed by atoms with Gasteiger partial charge in [-0.25, -0.2) is 9.37 Å². The Labute approximate surface area is 221 Å². The van der Waals surface area contributed by atoms with Gasteiger partial charge in [0, 0.05) is 35.0 Å². The fourth-order valence-electron chi connectivity index (χ4n) is 4.95. The molecule has 6 heterocycles. The molecule has 1 fully saturated rings. The molecule has 0 unspecified atom stereocenters. The van der Waals surface area contributed by atoms with Crippen LogP contribution in [0.25, 0.3) is 56.0 Å². The Kier molecular flexibility index (Phi) is 5.63. The number of hydrogen-bond acceptors (Lipinski definition) is 8. The van der Waals surface area contributed by atoms with Gasteiger partial charge in [0.05, 0.1) is 34.8 Å². The second-order valence-electron chi connectivity index (χ2n) is 9.50. The number of aromatic amines is 2. The molecule has 194 valence electrons. The van der Waals surface area contributed by atoms with Crippen LogP contribution >= 0.6 is 0 Å². The highest BCUT2D eigenvalue weighted by molar-refractivity contribution is 5.96. The van der Waals surface area contributed by atoms with E-state index in [2.05, 4.69) is 35.5 Å². The molecule has 1 saturated heterocycles. The second-order valence-corrected chi connectivity index (χ2v) is 9.50. The van der Waals surface area contributed by atoms with Crippen LogP contribution in [0.1, 0.15) is 12.8 Å². The predicted molar refractivity (Wildman–Crippen MR) is 144 cm³/mol. The van der Waals surface area contributed by atoms with Crippen LogP contribution in [0.4, 0.5) is 4.39 Å². The van der Waals surface area contributed by atoms with Gasteiger partial charge in [0.2, 0.25) is 0 Å². The number of benzene rings is 1. The molecule has 0 amide bonds. The third-order valence-electron chi connectivity index (χ3n) is 6.83. The molecular weight excluding hydrogens is 499 g/mol. The van der Waals surface area contributed by atoms with Crippen molar-refractivity contribution < 1.29 is 14.2 Å². The van der Waals surface area contributed by atoms with Gasteiger partial charge < -0.3 is 20.1 Å². The van der Waals surface area contributed by atoms with Gasteiger partial charge in [0.25, 0.3) is 0 Å². The lowest BCUT2D eigenvalue weighted by Gasteiger charge is -2.23. The average molecular weight is 523 g/mol. The smallest absolute Gasteiger partial charge is 0.159 e. The number of nitrogens with zero attached hydrogens (tertiary/aromatic N) is 5. The van der Waals surface area contributed by atoms with Crippen molar-refractivity contribution in [2.45, 2.75) is 18.9 Å². The first-order valence-electron chi connectivity index (χ1n) is 12.6. The van der Waals surface area contributed by atoms with Crippen molar-refractivity contribution >= 4 is 21.9 Å². The number of halogens is 1. The molecule has 0 atom stereocenters. The summed E-state index contributed by atoms with van der Waals surface area (Å²) in [5.74, 6) is 0.494. The van der Waals surface area contributed by atoms with Gasteiger partial charge >= 0.3 is 0 Å². The van der Waals surface area contributed by atoms with Gasteiger partial charge in [0.1, 0.15) is 34.6 Å². The molecule has 7 rings (SSSR count).